The van der Waals surface area contributed by atoms with Crippen LogP contribution in [0.3, 0.4) is 0 Å². The van der Waals surface area contributed by atoms with E-state index in [4.69, 9.17) is 10.2 Å². The van der Waals surface area contributed by atoms with Gasteiger partial charge in [-0.05, 0) is 0 Å². The second-order valence-electron chi connectivity index (χ2n) is 0.964. The Labute approximate surface area is 79.8 Å². The van der Waals surface area contributed by atoms with E-state index in [1.165, 1.54) is 0 Å². The second kappa shape index (κ2) is 8.69. The molecule has 9 heavy (non-hydrogen) atoms. The summed E-state index contributed by atoms with van der Waals surface area (Å²) in [7, 11) is 0. The molecular weight excluding hydrogens is 171 g/mol. The molecule has 50 valence electrons. The van der Waals surface area contributed by atoms with E-state index in [0.717, 1.165) is 0 Å². The van der Waals surface area contributed by atoms with Crippen LogP contribution in [-0.2, 0) is 0 Å². The van der Waals surface area contributed by atoms with E-state index in [2.05, 4.69) is 0 Å². The van der Waals surface area contributed by atoms with Crippen LogP contribution in [0.5, 0.6) is 0 Å². The van der Waals surface area contributed by atoms with Gasteiger partial charge in [-0.2, -0.15) is 0 Å². The van der Waals surface area contributed by atoms with Gasteiger partial charge in [0.15, 0.2) is 17.4 Å². The number of carboxylic acid groups (broad SMARTS) is 2. The van der Waals surface area contributed by atoms with E-state index in [9.17, 15) is 9.59 Å². The van der Waals surface area contributed by atoms with Crippen LogP contribution in [0.4, 0.5) is 9.59 Å². The van der Waals surface area contributed by atoms with Gasteiger partial charge in [-0.15, -0.1) is 0 Å². The van der Waals surface area contributed by atoms with Crippen molar-refractivity contribution in [1.82, 2.24) is 0 Å². The molecular formula is C2H7AlCaO5. The number of hydrogen-bond donors (Lipinski definition) is 2. The monoisotopic (exact) mass is 178 g/mol. The van der Waals surface area contributed by atoms with E-state index >= 15 is 0 Å². The van der Waals surface area contributed by atoms with Crippen LogP contribution < -0.4 is 0 Å². The Kier molecular flexibility index (Phi) is 15.8. The third kappa shape index (κ3) is 17.7. The van der Waals surface area contributed by atoms with E-state index in [1.54, 1.807) is 0 Å². The molecule has 0 aromatic carbocycles. The van der Waals surface area contributed by atoms with Crippen molar-refractivity contribution in [3.63, 3.8) is 0 Å². The zero-order valence-corrected chi connectivity index (χ0v) is 6.13. The summed E-state index contributed by atoms with van der Waals surface area (Å²) < 4.78 is -2.25. The van der Waals surface area contributed by atoms with Crippen LogP contribution in [-0.4, -0.2) is 71.0 Å². The van der Waals surface area contributed by atoms with Gasteiger partial charge in [-0.3, -0.25) is 0 Å². The van der Waals surface area contributed by atoms with E-state index < -0.39 is 38.0 Å². The van der Waals surface area contributed by atoms with Crippen molar-refractivity contribution >= 4 is 55.3 Å². The quantitative estimate of drug-likeness (QED) is 0.478. The molecule has 0 fully saturated rings. The zero-order valence-electron chi connectivity index (χ0n) is 3.92. The fourth-order valence-electron chi connectivity index (χ4n) is 0.129. The van der Waals surface area contributed by atoms with Gasteiger partial charge >= 0.3 is 57.8 Å². The van der Waals surface area contributed by atoms with Crippen LogP contribution in [0.1, 0.15) is 0 Å². The maximum Gasteiger partial charge on any atom is 0.187 e. The first-order valence-corrected chi connectivity index (χ1v) is 3.77. The summed E-state index contributed by atoms with van der Waals surface area (Å²) in [6.07, 6.45) is 0. The van der Waals surface area contributed by atoms with Crippen LogP contribution in [0.15, 0.2) is 0 Å². The summed E-state index contributed by atoms with van der Waals surface area (Å²) >= 11 is -2.26. The normalized spacial score (nSPS) is 5.33. The minimum atomic E-state index is -2.26. The van der Waals surface area contributed by atoms with Gasteiger partial charge < -0.3 is 5.48 Å². The maximum absolute atomic E-state index is 9.51. The molecule has 4 N–H and O–H groups in total. The first-order chi connectivity index (χ1) is 3.13. The summed E-state index contributed by atoms with van der Waals surface area (Å²) in [5, 5.41) is 15.6. The van der Waals surface area contributed by atoms with E-state index in [1.807, 2.05) is 0 Å². The van der Waals surface area contributed by atoms with Crippen molar-refractivity contribution in [2.75, 3.05) is 0 Å². The third-order valence-electron chi connectivity index (χ3n) is 0.302. The molecule has 5 nitrogen and oxygen atoms in total. The van der Waals surface area contributed by atoms with Gasteiger partial charge in [-0.25, -0.2) is 0 Å². The van der Waals surface area contributed by atoms with Gasteiger partial charge in [0.1, 0.15) is 0 Å². The Balaban J connectivity index is -0.000000180. The number of rotatable bonds is 2. The van der Waals surface area contributed by atoms with Gasteiger partial charge in [0.05, 0.1) is 0 Å². The Bertz CT molecular complexity index is 91.1. The molecule has 0 bridgehead atoms. The van der Waals surface area contributed by atoms with Gasteiger partial charge in [0.25, 0.3) is 0 Å². The van der Waals surface area contributed by atoms with Crippen LogP contribution in [0.25, 0.3) is 0 Å². The molecule has 0 saturated carbocycles. The average molecular weight is 178 g/mol. The molecule has 0 heterocycles. The number of hydrogen-bond acceptors (Lipinski definition) is 2. The van der Waals surface area contributed by atoms with Crippen molar-refractivity contribution in [3.8, 4) is 0 Å². The van der Waals surface area contributed by atoms with Crippen LogP contribution in [0, 0.1) is 0 Å². The Morgan fingerprint density at radius 1 is 1.11 bits per heavy atom. The fourth-order valence-corrected chi connectivity index (χ4v) is 0.533. The number of carbonyl (C=O) groups is 2. The van der Waals surface area contributed by atoms with Crippen LogP contribution >= 0.6 is 0 Å². The van der Waals surface area contributed by atoms with Crippen molar-refractivity contribution in [3.05, 3.63) is 0 Å². The molecule has 0 aromatic heterocycles. The molecule has 7 heteroatoms. The summed E-state index contributed by atoms with van der Waals surface area (Å²) in [6.45, 7) is 0. The second-order valence-corrected chi connectivity index (χ2v) is 3.41. The van der Waals surface area contributed by atoms with E-state index in [0.29, 0.717) is 0 Å². The Hall–Kier alpha value is 0.692. The zero-order chi connectivity index (χ0) is 5.86. The summed E-state index contributed by atoms with van der Waals surface area (Å²) in [4.78, 5) is 19.0. The summed E-state index contributed by atoms with van der Waals surface area (Å²) in [6, 6.07) is 0. The molecule has 0 aliphatic rings. The third-order valence-corrected chi connectivity index (χ3v) is 1.25. The Morgan fingerprint density at radius 3 is 1.33 bits per heavy atom. The fraction of sp³-hybridized carbons (Fsp3) is 0. The minimum Gasteiger partial charge on any atom is 0.187 e. The van der Waals surface area contributed by atoms with Crippen molar-refractivity contribution < 1.29 is 25.3 Å². The summed E-state index contributed by atoms with van der Waals surface area (Å²) in [5.74, 6) is 0. The topological polar surface area (TPSA) is 106 Å². The molecule has 0 rings (SSSR count). The average Bonchev–Trinajstić information content (AvgIpc) is 1.27. The largest absolute Gasteiger partial charge is 0.187 e. The van der Waals surface area contributed by atoms with E-state index in [-0.39, 0.29) is 22.8 Å². The molecule has 0 amide bonds. The van der Waals surface area contributed by atoms with Crippen molar-refractivity contribution in [1.29, 1.82) is 0 Å². The molecule has 0 aliphatic heterocycles. The molecule has 0 aliphatic carbocycles. The van der Waals surface area contributed by atoms with Gasteiger partial charge in [0, 0.05) is 0 Å². The predicted molar refractivity (Wildman–Crippen MR) is 35.4 cm³/mol. The molecule has 0 spiro atoms. The maximum atomic E-state index is 9.51. The standard InChI is InChI=1S/2CHO2.Al.Ca.H2O.3H/c2*2-1-3;;;;;;/h2*(H,2,3);;;1H2;;;. The first kappa shape index (κ1) is 16.4. The van der Waals surface area contributed by atoms with Crippen LogP contribution in [0.2, 0.25) is 0 Å². The summed E-state index contributed by atoms with van der Waals surface area (Å²) in [5.41, 5.74) is 0. The van der Waals surface area contributed by atoms with Gasteiger partial charge in [0.2, 0.25) is 0 Å². The smallest absolute Gasteiger partial charge is 0.187 e. The first-order valence-electron chi connectivity index (χ1n) is 1.56. The van der Waals surface area contributed by atoms with Crippen molar-refractivity contribution in [2.45, 2.75) is 0 Å². The molecule has 0 atom stereocenters. The minimum absolute atomic E-state index is 0. The molecule has 0 unspecified atom stereocenters. The molecule has 0 saturated heterocycles. The van der Waals surface area contributed by atoms with Crippen molar-refractivity contribution in [2.24, 2.45) is 0 Å². The Morgan fingerprint density at radius 2 is 1.33 bits per heavy atom. The molecule has 0 radical (unpaired) electrons. The molecule has 0 aromatic rings. The SMILES string of the molecule is O.O=[C](O)[Ca][C](=O)O.[AlH3]. The van der Waals surface area contributed by atoms with Gasteiger partial charge in [-0.1, -0.05) is 0 Å². The predicted octanol–water partition coefficient (Wildman–Crippen LogP) is -1.96.